The number of aryl methyl sites for hydroxylation is 1. The van der Waals surface area contributed by atoms with Gasteiger partial charge in [-0.05, 0) is 24.1 Å². The van der Waals surface area contributed by atoms with Gasteiger partial charge in [-0.15, -0.1) is 0 Å². The predicted octanol–water partition coefficient (Wildman–Crippen LogP) is 1.61. The molecule has 0 spiro atoms. The maximum Gasteiger partial charge on any atom is 0.239 e. The Hall–Kier alpha value is -0.880. The summed E-state index contributed by atoms with van der Waals surface area (Å²) >= 11 is 3.34. The highest BCUT2D eigenvalue weighted by Gasteiger charge is 2.10. The van der Waals surface area contributed by atoms with E-state index in [0.717, 1.165) is 23.6 Å². The second kappa shape index (κ2) is 6.16. The fourth-order valence-electron chi connectivity index (χ4n) is 1.30. The van der Waals surface area contributed by atoms with Crippen LogP contribution in [-0.4, -0.2) is 31.7 Å². The van der Waals surface area contributed by atoms with Crippen molar-refractivity contribution in [1.82, 2.24) is 0 Å². The molecular formula is C11H14BrNO3S. The van der Waals surface area contributed by atoms with Gasteiger partial charge in [0.15, 0.2) is 9.84 Å². The van der Waals surface area contributed by atoms with Crippen molar-refractivity contribution < 1.29 is 13.2 Å². The van der Waals surface area contributed by atoms with Crippen molar-refractivity contribution in [3.63, 3.8) is 0 Å². The Morgan fingerprint density at radius 3 is 2.35 bits per heavy atom. The summed E-state index contributed by atoms with van der Waals surface area (Å²) in [6.07, 6.45) is 1.95. The van der Waals surface area contributed by atoms with Gasteiger partial charge in [-0.1, -0.05) is 28.1 Å². The number of hydrogen-bond donors (Lipinski definition) is 1. The fourth-order valence-corrected chi connectivity index (χ4v) is 2.31. The molecule has 6 heteroatoms. The Kier molecular flexibility index (Phi) is 5.14. The zero-order valence-electron chi connectivity index (χ0n) is 9.44. The summed E-state index contributed by atoms with van der Waals surface area (Å²) in [4.78, 5) is 11.3. The van der Waals surface area contributed by atoms with Gasteiger partial charge in [0, 0.05) is 17.3 Å². The number of alkyl halides is 1. The van der Waals surface area contributed by atoms with Crippen LogP contribution in [0.15, 0.2) is 24.3 Å². The zero-order chi connectivity index (χ0) is 12.9. The van der Waals surface area contributed by atoms with Crippen LogP contribution >= 0.6 is 15.9 Å². The van der Waals surface area contributed by atoms with Gasteiger partial charge in [-0.25, -0.2) is 8.42 Å². The summed E-state index contributed by atoms with van der Waals surface area (Å²) in [5.41, 5.74) is 1.76. The van der Waals surface area contributed by atoms with E-state index >= 15 is 0 Å². The molecule has 1 rings (SSSR count). The molecule has 0 heterocycles. The van der Waals surface area contributed by atoms with Crippen molar-refractivity contribution in [1.29, 1.82) is 0 Å². The first-order valence-corrected chi connectivity index (χ1v) is 8.21. The number of halogens is 1. The number of anilines is 1. The molecule has 4 nitrogen and oxygen atoms in total. The minimum Gasteiger partial charge on any atom is -0.325 e. The molecule has 0 saturated carbocycles. The standard InChI is InChI=1S/C11H14BrNO3S/c1-17(15,16)8-11(14)13-10-4-2-9(3-5-10)6-7-12/h2-5H,6-8H2,1H3,(H,13,14). The summed E-state index contributed by atoms with van der Waals surface area (Å²) in [6.45, 7) is 0. The number of hydrogen-bond acceptors (Lipinski definition) is 3. The summed E-state index contributed by atoms with van der Waals surface area (Å²) in [6, 6.07) is 7.32. The van der Waals surface area contributed by atoms with Crippen LogP contribution in [0.2, 0.25) is 0 Å². The smallest absolute Gasteiger partial charge is 0.239 e. The van der Waals surface area contributed by atoms with Crippen molar-refractivity contribution in [2.24, 2.45) is 0 Å². The Labute approximate surface area is 109 Å². The van der Waals surface area contributed by atoms with Crippen LogP contribution in [0.1, 0.15) is 5.56 Å². The van der Waals surface area contributed by atoms with Crippen LogP contribution in [0.5, 0.6) is 0 Å². The van der Waals surface area contributed by atoms with Crippen molar-refractivity contribution in [2.45, 2.75) is 6.42 Å². The van der Waals surface area contributed by atoms with Gasteiger partial charge in [-0.3, -0.25) is 4.79 Å². The molecular weight excluding hydrogens is 306 g/mol. The number of carbonyl (C=O) groups is 1. The zero-order valence-corrected chi connectivity index (χ0v) is 11.8. The number of amides is 1. The van der Waals surface area contributed by atoms with E-state index in [-0.39, 0.29) is 0 Å². The van der Waals surface area contributed by atoms with Crippen molar-refractivity contribution >= 4 is 37.4 Å². The average molecular weight is 320 g/mol. The maximum absolute atomic E-state index is 11.3. The quantitative estimate of drug-likeness (QED) is 0.839. The van der Waals surface area contributed by atoms with Gasteiger partial charge in [-0.2, -0.15) is 0 Å². The molecule has 0 radical (unpaired) electrons. The second-order valence-electron chi connectivity index (χ2n) is 3.75. The first-order chi connectivity index (χ1) is 7.90. The molecule has 0 aromatic heterocycles. The molecule has 1 aromatic carbocycles. The van der Waals surface area contributed by atoms with Crippen molar-refractivity contribution in [3.8, 4) is 0 Å². The van der Waals surface area contributed by atoms with Crippen molar-refractivity contribution in [3.05, 3.63) is 29.8 Å². The maximum atomic E-state index is 11.3. The van der Waals surface area contributed by atoms with E-state index in [9.17, 15) is 13.2 Å². The lowest BCUT2D eigenvalue weighted by Gasteiger charge is -2.05. The molecule has 1 aromatic rings. The highest BCUT2D eigenvalue weighted by molar-refractivity contribution is 9.09. The minimum atomic E-state index is -3.28. The van der Waals surface area contributed by atoms with Gasteiger partial charge in [0.05, 0.1) is 0 Å². The van der Waals surface area contributed by atoms with Gasteiger partial charge in [0.2, 0.25) is 5.91 Å². The van der Waals surface area contributed by atoms with Crippen LogP contribution in [0, 0.1) is 0 Å². The van der Waals surface area contributed by atoms with Crippen LogP contribution in [-0.2, 0) is 21.1 Å². The first-order valence-electron chi connectivity index (χ1n) is 5.03. The molecule has 0 aliphatic carbocycles. The molecule has 94 valence electrons. The number of benzene rings is 1. The Morgan fingerprint density at radius 1 is 1.29 bits per heavy atom. The topological polar surface area (TPSA) is 63.2 Å². The molecule has 0 atom stereocenters. The van der Waals surface area contributed by atoms with Crippen LogP contribution in [0.4, 0.5) is 5.69 Å². The van der Waals surface area contributed by atoms with Gasteiger partial charge in [0.1, 0.15) is 5.75 Å². The van der Waals surface area contributed by atoms with Crippen LogP contribution in [0.3, 0.4) is 0 Å². The molecule has 0 unspecified atom stereocenters. The molecule has 1 amide bonds. The van der Waals surface area contributed by atoms with Gasteiger partial charge < -0.3 is 5.32 Å². The van der Waals surface area contributed by atoms with E-state index in [1.807, 2.05) is 12.1 Å². The van der Waals surface area contributed by atoms with E-state index in [1.165, 1.54) is 0 Å². The van der Waals surface area contributed by atoms with Gasteiger partial charge in [0.25, 0.3) is 0 Å². The summed E-state index contributed by atoms with van der Waals surface area (Å²) in [5.74, 6) is -1.00. The SMILES string of the molecule is CS(=O)(=O)CC(=O)Nc1ccc(CCBr)cc1. The third-order valence-corrected chi connectivity index (χ3v) is 3.20. The lowest BCUT2D eigenvalue weighted by Crippen LogP contribution is -2.21. The summed E-state index contributed by atoms with van der Waals surface area (Å²) < 4.78 is 21.8. The number of carbonyl (C=O) groups excluding carboxylic acids is 1. The van der Waals surface area contributed by atoms with Gasteiger partial charge >= 0.3 is 0 Å². The largest absolute Gasteiger partial charge is 0.325 e. The predicted molar refractivity (Wildman–Crippen MR) is 72.3 cm³/mol. The van der Waals surface area contributed by atoms with Crippen LogP contribution in [0.25, 0.3) is 0 Å². The molecule has 0 saturated heterocycles. The Morgan fingerprint density at radius 2 is 1.88 bits per heavy atom. The minimum absolute atomic E-state index is 0.490. The molecule has 0 bridgehead atoms. The highest BCUT2D eigenvalue weighted by Crippen LogP contribution is 2.10. The lowest BCUT2D eigenvalue weighted by molar-refractivity contribution is -0.113. The lowest BCUT2D eigenvalue weighted by atomic mass is 10.1. The average Bonchev–Trinajstić information content (AvgIpc) is 2.18. The summed E-state index contributed by atoms with van der Waals surface area (Å²) in [7, 11) is -3.28. The monoisotopic (exact) mass is 319 g/mol. The second-order valence-corrected chi connectivity index (χ2v) is 6.69. The molecule has 1 N–H and O–H groups in total. The number of rotatable bonds is 5. The molecule has 0 aliphatic rings. The first kappa shape index (κ1) is 14.2. The van der Waals surface area contributed by atoms with Crippen molar-refractivity contribution in [2.75, 3.05) is 22.7 Å². The molecule has 17 heavy (non-hydrogen) atoms. The Bertz CT molecular complexity index is 482. The summed E-state index contributed by atoms with van der Waals surface area (Å²) in [5, 5.41) is 3.42. The third kappa shape index (κ3) is 5.83. The number of sulfone groups is 1. The molecule has 0 fully saturated rings. The van der Waals surface area contributed by atoms with E-state index in [0.29, 0.717) is 5.69 Å². The van der Waals surface area contributed by atoms with E-state index in [2.05, 4.69) is 21.2 Å². The van der Waals surface area contributed by atoms with E-state index in [4.69, 9.17) is 0 Å². The molecule has 0 aliphatic heterocycles. The number of nitrogens with one attached hydrogen (secondary N) is 1. The third-order valence-electron chi connectivity index (χ3n) is 2.01. The normalized spacial score (nSPS) is 11.2. The van der Waals surface area contributed by atoms with Crippen LogP contribution < -0.4 is 5.32 Å². The highest BCUT2D eigenvalue weighted by atomic mass is 79.9. The van der Waals surface area contributed by atoms with E-state index < -0.39 is 21.5 Å². The van der Waals surface area contributed by atoms with E-state index in [1.54, 1.807) is 12.1 Å². The fraction of sp³-hybridized carbons (Fsp3) is 0.364. The Balaban J connectivity index is 2.60.